The Balaban J connectivity index is 2.62. The fraction of sp³-hybridized carbons (Fsp3) is 0.0909. The molecule has 0 fully saturated rings. The van der Waals surface area contributed by atoms with Gasteiger partial charge in [-0.1, -0.05) is 23.7 Å². The molecule has 0 aliphatic carbocycles. The molecule has 2 N–H and O–H groups in total. The van der Waals surface area contributed by atoms with Gasteiger partial charge in [0.05, 0.1) is 4.90 Å². The lowest BCUT2D eigenvalue weighted by Crippen LogP contribution is -2.20. The molecular formula is C11H10BClO3S. The predicted molar refractivity (Wildman–Crippen MR) is 71.6 cm³/mol. The van der Waals surface area contributed by atoms with E-state index in [2.05, 4.69) is 0 Å². The van der Waals surface area contributed by atoms with Crippen molar-refractivity contribution in [3.8, 4) is 5.75 Å². The van der Waals surface area contributed by atoms with E-state index in [1.54, 1.807) is 6.07 Å². The lowest BCUT2D eigenvalue weighted by atomic mass is 10.1. The average Bonchev–Trinajstić information content (AvgIpc) is 2.28. The molecule has 0 radical (unpaired) electrons. The quantitative estimate of drug-likeness (QED) is 0.663. The highest BCUT2D eigenvalue weighted by atomic mass is 35.5. The number of halogens is 1. The van der Waals surface area contributed by atoms with Gasteiger partial charge in [0.15, 0.2) is 0 Å². The van der Waals surface area contributed by atoms with Gasteiger partial charge in [-0.2, -0.15) is 0 Å². The minimum atomic E-state index is -1.82. The SMILES string of the molecule is CSc1c(OB(O)O)ccc2ccc(Cl)cc12. The van der Waals surface area contributed by atoms with E-state index in [4.69, 9.17) is 26.3 Å². The van der Waals surface area contributed by atoms with E-state index in [1.165, 1.54) is 11.8 Å². The van der Waals surface area contributed by atoms with Crippen LogP contribution in [0.3, 0.4) is 0 Å². The molecule has 3 nitrogen and oxygen atoms in total. The molecule has 0 atom stereocenters. The molecular weight excluding hydrogens is 258 g/mol. The Hall–Kier alpha value is -0.875. The van der Waals surface area contributed by atoms with Gasteiger partial charge in [-0.3, -0.25) is 0 Å². The maximum atomic E-state index is 8.85. The first-order valence-electron chi connectivity index (χ1n) is 4.91. The van der Waals surface area contributed by atoms with Crippen molar-refractivity contribution in [2.75, 3.05) is 6.26 Å². The number of benzene rings is 2. The zero-order valence-corrected chi connectivity index (χ0v) is 10.6. The number of thioether (sulfide) groups is 1. The topological polar surface area (TPSA) is 49.7 Å². The minimum absolute atomic E-state index is 0.433. The summed E-state index contributed by atoms with van der Waals surface area (Å²) in [7, 11) is -1.82. The van der Waals surface area contributed by atoms with Crippen molar-refractivity contribution < 1.29 is 14.7 Å². The van der Waals surface area contributed by atoms with Crippen LogP contribution in [0.25, 0.3) is 10.8 Å². The number of hydrogen-bond acceptors (Lipinski definition) is 4. The van der Waals surface area contributed by atoms with E-state index in [0.717, 1.165) is 15.7 Å². The van der Waals surface area contributed by atoms with Gasteiger partial charge in [-0.25, -0.2) is 0 Å². The van der Waals surface area contributed by atoms with Crippen molar-refractivity contribution >= 4 is 41.5 Å². The monoisotopic (exact) mass is 268 g/mol. The van der Waals surface area contributed by atoms with Crippen LogP contribution in [0.5, 0.6) is 5.75 Å². The van der Waals surface area contributed by atoms with E-state index in [0.29, 0.717) is 10.8 Å². The third-order valence-electron chi connectivity index (χ3n) is 2.33. The summed E-state index contributed by atoms with van der Waals surface area (Å²) < 4.78 is 4.93. The highest BCUT2D eigenvalue weighted by Crippen LogP contribution is 2.36. The summed E-state index contributed by atoms with van der Waals surface area (Å²) in [5, 5.41) is 20.3. The highest BCUT2D eigenvalue weighted by Gasteiger charge is 2.15. The van der Waals surface area contributed by atoms with Gasteiger partial charge in [-0.05, 0) is 29.8 Å². The first kappa shape index (κ1) is 12.6. The van der Waals surface area contributed by atoms with Gasteiger partial charge in [0.1, 0.15) is 5.75 Å². The lowest BCUT2D eigenvalue weighted by molar-refractivity contribution is 0.285. The molecule has 17 heavy (non-hydrogen) atoms. The van der Waals surface area contributed by atoms with Crippen molar-refractivity contribution in [2.24, 2.45) is 0 Å². The Morgan fingerprint density at radius 1 is 1.24 bits per heavy atom. The summed E-state index contributed by atoms with van der Waals surface area (Å²) in [5.41, 5.74) is 0. The second-order valence-electron chi connectivity index (χ2n) is 3.41. The third-order valence-corrected chi connectivity index (χ3v) is 3.40. The molecule has 2 rings (SSSR count). The van der Waals surface area contributed by atoms with Crippen LogP contribution < -0.4 is 4.65 Å². The van der Waals surface area contributed by atoms with Crippen LogP contribution in [0, 0.1) is 0 Å². The van der Waals surface area contributed by atoms with E-state index in [9.17, 15) is 0 Å². The average molecular weight is 269 g/mol. The maximum absolute atomic E-state index is 8.85. The molecule has 0 saturated heterocycles. The lowest BCUT2D eigenvalue weighted by Gasteiger charge is -2.12. The van der Waals surface area contributed by atoms with Crippen LogP contribution in [0.2, 0.25) is 5.02 Å². The highest BCUT2D eigenvalue weighted by molar-refractivity contribution is 7.99. The van der Waals surface area contributed by atoms with Crippen LogP contribution in [-0.2, 0) is 0 Å². The molecule has 0 spiro atoms. The Morgan fingerprint density at radius 3 is 2.59 bits per heavy atom. The van der Waals surface area contributed by atoms with Crippen molar-refractivity contribution in [1.82, 2.24) is 0 Å². The second-order valence-corrected chi connectivity index (χ2v) is 4.66. The fourth-order valence-electron chi connectivity index (χ4n) is 1.66. The summed E-state index contributed by atoms with van der Waals surface area (Å²) in [6.07, 6.45) is 1.90. The van der Waals surface area contributed by atoms with E-state index in [-0.39, 0.29) is 0 Å². The Labute approximate surface area is 109 Å². The fourth-order valence-corrected chi connectivity index (χ4v) is 2.55. The Bertz CT molecular complexity index is 547. The molecule has 6 heteroatoms. The summed E-state index contributed by atoms with van der Waals surface area (Å²) >= 11 is 7.43. The Morgan fingerprint density at radius 2 is 1.94 bits per heavy atom. The van der Waals surface area contributed by atoms with Crippen LogP contribution in [0.1, 0.15) is 0 Å². The van der Waals surface area contributed by atoms with Gasteiger partial charge >= 0.3 is 7.32 Å². The van der Waals surface area contributed by atoms with Crippen LogP contribution in [0.15, 0.2) is 35.2 Å². The molecule has 0 unspecified atom stereocenters. The standard InChI is InChI=1S/C11H10BClO3S/c1-17-11-9-6-8(13)4-2-7(9)3-5-10(11)16-12(14)15/h2-6,14-15H,1H3. The van der Waals surface area contributed by atoms with Crippen LogP contribution >= 0.6 is 23.4 Å². The zero-order chi connectivity index (χ0) is 12.4. The van der Waals surface area contributed by atoms with Crippen LogP contribution in [-0.4, -0.2) is 23.6 Å². The molecule has 0 aliphatic heterocycles. The molecule has 2 aromatic carbocycles. The molecule has 0 aliphatic rings. The van der Waals surface area contributed by atoms with Crippen molar-refractivity contribution in [3.63, 3.8) is 0 Å². The minimum Gasteiger partial charge on any atom is -0.511 e. The van der Waals surface area contributed by atoms with Gasteiger partial charge in [0.25, 0.3) is 0 Å². The van der Waals surface area contributed by atoms with Gasteiger partial charge < -0.3 is 14.7 Å². The van der Waals surface area contributed by atoms with Gasteiger partial charge in [-0.15, -0.1) is 11.8 Å². The van der Waals surface area contributed by atoms with Crippen LogP contribution in [0.4, 0.5) is 0 Å². The van der Waals surface area contributed by atoms with Gasteiger partial charge in [0.2, 0.25) is 0 Å². The maximum Gasteiger partial charge on any atom is 0.707 e. The smallest absolute Gasteiger partial charge is 0.511 e. The van der Waals surface area contributed by atoms with E-state index < -0.39 is 7.32 Å². The molecule has 0 heterocycles. The number of fused-ring (bicyclic) bond motifs is 1. The zero-order valence-electron chi connectivity index (χ0n) is 9.05. The normalized spacial score (nSPS) is 10.6. The summed E-state index contributed by atoms with van der Waals surface area (Å²) in [6, 6.07) is 9.12. The number of hydrogen-bond donors (Lipinski definition) is 2. The molecule has 0 amide bonds. The van der Waals surface area contributed by atoms with Gasteiger partial charge in [0, 0.05) is 10.4 Å². The first-order chi connectivity index (χ1) is 8.11. The first-order valence-corrected chi connectivity index (χ1v) is 6.51. The molecule has 0 saturated carbocycles. The summed E-state index contributed by atoms with van der Waals surface area (Å²) in [6.45, 7) is 0. The second kappa shape index (κ2) is 5.18. The predicted octanol–water partition coefficient (Wildman–Crippen LogP) is 2.56. The van der Waals surface area contributed by atoms with Crippen molar-refractivity contribution in [3.05, 3.63) is 35.4 Å². The third kappa shape index (κ3) is 2.69. The summed E-state index contributed by atoms with van der Waals surface area (Å²) in [4.78, 5) is 0.832. The van der Waals surface area contributed by atoms with Crippen molar-refractivity contribution in [2.45, 2.75) is 4.90 Å². The van der Waals surface area contributed by atoms with Crippen molar-refractivity contribution in [1.29, 1.82) is 0 Å². The largest absolute Gasteiger partial charge is 0.707 e. The van der Waals surface area contributed by atoms with E-state index in [1.807, 2.05) is 30.5 Å². The molecule has 0 bridgehead atoms. The summed E-state index contributed by atoms with van der Waals surface area (Å²) in [5.74, 6) is 0.433. The molecule has 0 aromatic heterocycles. The Kier molecular flexibility index (Phi) is 3.84. The molecule has 2 aromatic rings. The number of rotatable bonds is 3. The molecule has 88 valence electrons. The van der Waals surface area contributed by atoms with E-state index >= 15 is 0 Å².